The molecule has 0 spiro atoms. The molecule has 0 radical (unpaired) electrons. The first kappa shape index (κ1) is 17.2. The van der Waals surface area contributed by atoms with E-state index in [2.05, 4.69) is 20.7 Å². The Morgan fingerprint density at radius 2 is 1.86 bits per heavy atom. The summed E-state index contributed by atoms with van der Waals surface area (Å²) in [5.41, 5.74) is 5.90. The van der Waals surface area contributed by atoms with E-state index in [1.807, 2.05) is 0 Å². The number of sulfonamides is 1. The molecule has 2 rings (SSSR count). The molecule has 0 heterocycles. The van der Waals surface area contributed by atoms with Gasteiger partial charge in [0.2, 0.25) is 10.0 Å². The number of benzene rings is 1. The second kappa shape index (κ2) is 6.96. The third-order valence-corrected chi connectivity index (χ3v) is 6.53. The van der Waals surface area contributed by atoms with Crippen LogP contribution in [0.15, 0.2) is 27.6 Å². The highest BCUT2D eigenvalue weighted by atomic mass is 79.9. The molecule has 1 saturated carbocycles. The van der Waals surface area contributed by atoms with Crippen LogP contribution in [0.5, 0.6) is 0 Å². The minimum atomic E-state index is -3.57. The van der Waals surface area contributed by atoms with Gasteiger partial charge in [-0.1, -0.05) is 37.3 Å². The van der Waals surface area contributed by atoms with Gasteiger partial charge in [0.1, 0.15) is 0 Å². The van der Waals surface area contributed by atoms with Crippen LogP contribution in [0.1, 0.15) is 38.5 Å². The van der Waals surface area contributed by atoms with Crippen molar-refractivity contribution in [2.75, 3.05) is 6.54 Å². The molecule has 0 aromatic heterocycles. The summed E-state index contributed by atoms with van der Waals surface area (Å²) in [4.78, 5) is 0.191. The quantitative estimate of drug-likeness (QED) is 0.767. The van der Waals surface area contributed by atoms with Crippen LogP contribution in [-0.4, -0.2) is 20.5 Å². The number of halogens is 2. The maximum atomic E-state index is 12.3. The lowest BCUT2D eigenvalue weighted by Crippen LogP contribution is -2.49. The van der Waals surface area contributed by atoms with Crippen molar-refractivity contribution in [3.63, 3.8) is 0 Å². The van der Waals surface area contributed by atoms with Crippen molar-refractivity contribution in [2.45, 2.75) is 49.0 Å². The number of nitrogens with two attached hydrogens (primary N) is 1. The van der Waals surface area contributed by atoms with E-state index in [0.717, 1.165) is 25.7 Å². The van der Waals surface area contributed by atoms with Crippen LogP contribution >= 0.6 is 27.5 Å². The fourth-order valence-corrected chi connectivity index (χ4v) is 4.39. The molecule has 0 unspecified atom stereocenters. The Bertz CT molecular complexity index is 599. The monoisotopic (exact) mass is 394 g/mol. The van der Waals surface area contributed by atoms with Crippen molar-refractivity contribution >= 4 is 37.6 Å². The summed E-state index contributed by atoms with van der Waals surface area (Å²) >= 11 is 9.13. The van der Waals surface area contributed by atoms with Gasteiger partial charge in [-0.2, -0.15) is 0 Å². The van der Waals surface area contributed by atoms with E-state index in [4.69, 9.17) is 17.3 Å². The van der Waals surface area contributed by atoms with Gasteiger partial charge in [0, 0.05) is 16.6 Å². The van der Waals surface area contributed by atoms with Crippen LogP contribution in [0.4, 0.5) is 0 Å². The molecule has 1 aromatic carbocycles. The summed E-state index contributed by atoms with van der Waals surface area (Å²) in [5, 5.41) is 0.480. The molecule has 1 aliphatic carbocycles. The average molecular weight is 396 g/mol. The van der Waals surface area contributed by atoms with E-state index in [1.165, 1.54) is 25.0 Å². The second-order valence-electron chi connectivity index (χ2n) is 5.68. The van der Waals surface area contributed by atoms with Crippen LogP contribution in [0.25, 0.3) is 0 Å². The van der Waals surface area contributed by atoms with E-state index < -0.39 is 15.6 Å². The van der Waals surface area contributed by atoms with Gasteiger partial charge in [0.25, 0.3) is 0 Å². The van der Waals surface area contributed by atoms with Gasteiger partial charge < -0.3 is 5.73 Å². The topological polar surface area (TPSA) is 72.2 Å². The van der Waals surface area contributed by atoms with Crippen LogP contribution in [0.3, 0.4) is 0 Å². The lowest BCUT2D eigenvalue weighted by molar-refractivity contribution is 0.369. The van der Waals surface area contributed by atoms with Crippen molar-refractivity contribution in [3.8, 4) is 0 Å². The first-order chi connectivity index (χ1) is 9.82. The van der Waals surface area contributed by atoms with Gasteiger partial charge in [-0.25, -0.2) is 13.1 Å². The zero-order valence-corrected chi connectivity index (χ0v) is 14.9. The highest BCUT2D eigenvalue weighted by molar-refractivity contribution is 9.10. The number of hydrogen-bond donors (Lipinski definition) is 2. The molecule has 7 heteroatoms. The summed E-state index contributed by atoms with van der Waals surface area (Å²) in [5.74, 6) is 0. The van der Waals surface area contributed by atoms with Gasteiger partial charge >= 0.3 is 0 Å². The number of nitrogens with one attached hydrogen (secondary N) is 1. The summed E-state index contributed by atoms with van der Waals surface area (Å²) < 4.78 is 27.9. The fourth-order valence-electron chi connectivity index (χ4n) is 2.58. The van der Waals surface area contributed by atoms with Crippen LogP contribution in [-0.2, 0) is 10.0 Å². The van der Waals surface area contributed by atoms with E-state index in [-0.39, 0.29) is 11.4 Å². The average Bonchev–Trinajstić information content (AvgIpc) is 2.65. The maximum absolute atomic E-state index is 12.3. The second-order valence-corrected chi connectivity index (χ2v) is 8.71. The first-order valence-corrected chi connectivity index (χ1v) is 9.71. The number of rotatable bonds is 4. The first-order valence-electron chi connectivity index (χ1n) is 7.06. The molecule has 0 saturated heterocycles. The zero-order valence-electron chi connectivity index (χ0n) is 11.7. The van der Waals surface area contributed by atoms with Crippen molar-refractivity contribution in [3.05, 3.63) is 27.7 Å². The van der Waals surface area contributed by atoms with E-state index >= 15 is 0 Å². The van der Waals surface area contributed by atoms with Gasteiger partial charge in [-0.3, -0.25) is 0 Å². The molecule has 1 aromatic rings. The largest absolute Gasteiger partial charge is 0.324 e. The Kier molecular flexibility index (Phi) is 5.71. The molecule has 4 nitrogen and oxygen atoms in total. The van der Waals surface area contributed by atoms with Gasteiger partial charge in [-0.15, -0.1) is 0 Å². The van der Waals surface area contributed by atoms with Crippen molar-refractivity contribution in [1.29, 1.82) is 0 Å². The molecule has 1 fully saturated rings. The lowest BCUT2D eigenvalue weighted by atomic mass is 9.92. The Labute approximate surface area is 139 Å². The van der Waals surface area contributed by atoms with Gasteiger partial charge in [-0.05, 0) is 47.0 Å². The van der Waals surface area contributed by atoms with Crippen LogP contribution in [0.2, 0.25) is 5.02 Å². The maximum Gasteiger partial charge on any atom is 0.240 e. The molecular weight excluding hydrogens is 376 g/mol. The SMILES string of the molecule is NC1(CNS(=O)(=O)c2ccc(Cl)c(Br)c2)CCCCCC1. The Hall–Kier alpha value is -0.140. The standard InChI is InChI=1S/C14H20BrClN2O2S/c15-12-9-11(5-6-13(12)16)21(19,20)18-10-14(17)7-3-1-2-4-8-14/h5-6,9,18H,1-4,7-8,10,17H2. The van der Waals surface area contributed by atoms with E-state index in [1.54, 1.807) is 6.07 Å². The molecule has 1 aliphatic rings. The number of hydrogen-bond acceptors (Lipinski definition) is 3. The predicted octanol–water partition coefficient (Wildman–Crippen LogP) is 3.43. The summed E-state index contributed by atoms with van der Waals surface area (Å²) in [7, 11) is -3.57. The summed E-state index contributed by atoms with van der Waals surface area (Å²) in [6.45, 7) is 0.273. The third-order valence-electron chi connectivity index (χ3n) is 3.91. The third kappa shape index (κ3) is 4.66. The van der Waals surface area contributed by atoms with Crippen LogP contribution < -0.4 is 10.5 Å². The zero-order chi connectivity index (χ0) is 15.5. The Balaban J connectivity index is 2.08. The Morgan fingerprint density at radius 1 is 1.24 bits per heavy atom. The van der Waals surface area contributed by atoms with Crippen molar-refractivity contribution < 1.29 is 8.42 Å². The molecule has 0 aliphatic heterocycles. The highest BCUT2D eigenvalue weighted by Crippen LogP contribution is 2.27. The molecular formula is C14H20BrClN2O2S. The predicted molar refractivity (Wildman–Crippen MR) is 89.0 cm³/mol. The molecule has 3 N–H and O–H groups in total. The van der Waals surface area contributed by atoms with E-state index in [9.17, 15) is 8.42 Å². The van der Waals surface area contributed by atoms with Gasteiger partial charge in [0.15, 0.2) is 0 Å². The van der Waals surface area contributed by atoms with Crippen LogP contribution in [0, 0.1) is 0 Å². The minimum Gasteiger partial charge on any atom is -0.324 e. The van der Waals surface area contributed by atoms with Crippen molar-refractivity contribution in [2.24, 2.45) is 5.73 Å². The molecule has 0 bridgehead atoms. The molecule has 21 heavy (non-hydrogen) atoms. The van der Waals surface area contributed by atoms with Crippen molar-refractivity contribution in [1.82, 2.24) is 4.72 Å². The summed E-state index contributed by atoms with van der Waals surface area (Å²) in [6.07, 6.45) is 6.20. The molecule has 0 atom stereocenters. The van der Waals surface area contributed by atoms with Gasteiger partial charge in [0.05, 0.1) is 9.92 Å². The highest BCUT2D eigenvalue weighted by Gasteiger charge is 2.28. The summed E-state index contributed by atoms with van der Waals surface area (Å²) in [6, 6.07) is 4.55. The molecule has 0 amide bonds. The lowest BCUT2D eigenvalue weighted by Gasteiger charge is -2.28. The normalized spacial score (nSPS) is 19.2. The fraction of sp³-hybridized carbons (Fsp3) is 0.571. The Morgan fingerprint density at radius 3 is 2.43 bits per heavy atom. The smallest absolute Gasteiger partial charge is 0.240 e. The molecule has 118 valence electrons. The minimum absolute atomic E-state index is 0.191. The van der Waals surface area contributed by atoms with E-state index in [0.29, 0.717) is 9.50 Å².